The molecule has 0 saturated carbocycles. The van der Waals surface area contributed by atoms with Gasteiger partial charge >= 0.3 is 0 Å². The van der Waals surface area contributed by atoms with Crippen molar-refractivity contribution in [2.45, 2.75) is 111 Å². The molecule has 282 valence electrons. The molecule has 3 aromatic rings. The highest BCUT2D eigenvalue weighted by Gasteiger charge is 2.44. The number of amides is 4. The molecule has 1 fully saturated rings. The van der Waals surface area contributed by atoms with Crippen LogP contribution in [0, 0.1) is 18.3 Å². The van der Waals surface area contributed by atoms with Gasteiger partial charge in [-0.05, 0) is 72.8 Å². The number of β-amino-alcohol motifs (C(OH)–C–C–N with tert-alkyl or cyclic N) is 1. The van der Waals surface area contributed by atoms with Gasteiger partial charge in [-0.2, -0.15) is 0 Å². The predicted octanol–water partition coefficient (Wildman–Crippen LogP) is 5.31. The summed E-state index contributed by atoms with van der Waals surface area (Å²) in [5.74, 6) is -0.188. The van der Waals surface area contributed by atoms with Crippen LogP contribution in [-0.2, 0) is 32.1 Å². The number of carbonyl (C=O) groups excluding carboxylic acids is 4. The third-order valence-corrected chi connectivity index (χ3v) is 10.4. The highest BCUT2D eigenvalue weighted by atomic mass is 32.1. The molecule has 11 nitrogen and oxygen atoms in total. The predicted molar refractivity (Wildman–Crippen MR) is 203 cm³/mol. The summed E-state index contributed by atoms with van der Waals surface area (Å²) in [7, 11) is 0. The van der Waals surface area contributed by atoms with E-state index in [2.05, 4.69) is 15.6 Å². The molecule has 1 aliphatic heterocycles. The number of aliphatic hydroxyl groups is 1. The van der Waals surface area contributed by atoms with E-state index in [1.54, 1.807) is 11.3 Å². The molecule has 1 aromatic heterocycles. The number of unbranched alkanes of at least 4 members (excludes halogenated alkanes) is 2. The molecule has 0 bridgehead atoms. The molecule has 4 amide bonds. The van der Waals surface area contributed by atoms with Crippen LogP contribution in [0.5, 0.6) is 5.75 Å². The summed E-state index contributed by atoms with van der Waals surface area (Å²) in [6.07, 6.45) is 3.98. The largest absolute Gasteiger partial charge is 0.493 e. The number of ether oxygens (including phenoxy) is 1. The van der Waals surface area contributed by atoms with Gasteiger partial charge in [0.1, 0.15) is 17.8 Å². The van der Waals surface area contributed by atoms with Crippen molar-refractivity contribution in [3.63, 3.8) is 0 Å². The Kier molecular flexibility index (Phi) is 14.8. The Hall–Kier alpha value is -4.29. The lowest BCUT2D eigenvalue weighted by molar-refractivity contribution is -0.144. The SMILES string of the molecule is Cc1ncsc1-c1ccc(CNC(=O)[C@@H]2C[C@@H](O)CN2C(=O)[C@@H](NC(=O)CCCCCc2ccc(OC[C@@H](C)CCC(N)=O)cc2)C(C)(C)C)cc1. The first-order valence-corrected chi connectivity index (χ1v) is 19.1. The van der Waals surface area contributed by atoms with Gasteiger partial charge in [-0.15, -0.1) is 11.3 Å². The van der Waals surface area contributed by atoms with Gasteiger partial charge in [0, 0.05) is 32.4 Å². The standard InChI is InChI=1S/C40H55N5O6S/c1-26(11-20-34(41)47)24-51-32-18-14-28(15-19-32)9-7-6-8-10-35(48)44-37(40(3,4)5)39(50)45-23-31(46)21-33(45)38(49)42-22-29-12-16-30(17-13-29)36-27(2)43-25-52-36/h12-19,25-26,31,33,37,46H,6-11,20-24H2,1-5H3,(H2,41,47)(H,42,49)(H,44,48)/t26-,31+,33-,37+/m0/s1. The average Bonchev–Trinajstić information content (AvgIpc) is 3.72. The molecular formula is C40H55N5O6S. The summed E-state index contributed by atoms with van der Waals surface area (Å²) in [4.78, 5) is 58.2. The summed E-state index contributed by atoms with van der Waals surface area (Å²) in [6.45, 7) is 10.5. The number of nitrogens with two attached hydrogens (primary N) is 1. The number of aryl methyl sites for hydroxylation is 2. The summed E-state index contributed by atoms with van der Waals surface area (Å²) >= 11 is 1.58. The summed E-state index contributed by atoms with van der Waals surface area (Å²) < 4.78 is 5.84. The summed E-state index contributed by atoms with van der Waals surface area (Å²) in [5.41, 5.74) is 10.6. The number of rotatable bonds is 18. The van der Waals surface area contributed by atoms with Crippen molar-refractivity contribution in [2.24, 2.45) is 17.1 Å². The number of nitrogens with one attached hydrogen (secondary N) is 2. The van der Waals surface area contributed by atoms with Crippen LogP contribution in [0.15, 0.2) is 54.0 Å². The molecule has 1 aliphatic rings. The number of nitrogens with zero attached hydrogens (tertiary/aromatic N) is 2. The van der Waals surface area contributed by atoms with Crippen molar-refractivity contribution in [1.29, 1.82) is 0 Å². The Morgan fingerprint density at radius 2 is 1.71 bits per heavy atom. The molecule has 4 atom stereocenters. The average molecular weight is 734 g/mol. The third-order valence-electron chi connectivity index (χ3n) is 9.42. The molecule has 0 spiro atoms. The normalized spacial score (nSPS) is 17.0. The van der Waals surface area contributed by atoms with E-state index in [4.69, 9.17) is 10.5 Å². The van der Waals surface area contributed by atoms with Crippen LogP contribution in [-0.4, -0.2) is 70.0 Å². The number of primary amides is 1. The van der Waals surface area contributed by atoms with E-state index < -0.39 is 23.6 Å². The Bertz CT molecular complexity index is 1630. The molecule has 2 aromatic carbocycles. The smallest absolute Gasteiger partial charge is 0.246 e. The van der Waals surface area contributed by atoms with Gasteiger partial charge in [0.15, 0.2) is 0 Å². The Morgan fingerprint density at radius 3 is 2.35 bits per heavy atom. The molecule has 0 aliphatic carbocycles. The summed E-state index contributed by atoms with van der Waals surface area (Å²) in [5, 5.41) is 16.4. The van der Waals surface area contributed by atoms with Gasteiger partial charge < -0.3 is 31.1 Å². The first-order valence-electron chi connectivity index (χ1n) is 18.3. The van der Waals surface area contributed by atoms with Crippen molar-refractivity contribution >= 4 is 35.0 Å². The number of likely N-dealkylation sites (tertiary alicyclic amines) is 1. The highest BCUT2D eigenvalue weighted by molar-refractivity contribution is 7.13. The van der Waals surface area contributed by atoms with E-state index in [1.807, 2.05) is 88.7 Å². The fraction of sp³-hybridized carbons (Fsp3) is 0.525. The van der Waals surface area contributed by atoms with Crippen LogP contribution in [0.4, 0.5) is 0 Å². The minimum Gasteiger partial charge on any atom is -0.493 e. The Balaban J connectivity index is 1.22. The second-order valence-corrected chi connectivity index (χ2v) is 15.9. The zero-order valence-corrected chi connectivity index (χ0v) is 32.0. The number of thiazole rings is 1. The number of benzene rings is 2. The zero-order chi connectivity index (χ0) is 37.8. The molecule has 12 heteroatoms. The van der Waals surface area contributed by atoms with Gasteiger partial charge in [-0.1, -0.05) is 70.5 Å². The lowest BCUT2D eigenvalue weighted by Gasteiger charge is -2.35. The second-order valence-electron chi connectivity index (χ2n) is 15.1. The minimum atomic E-state index is -0.852. The van der Waals surface area contributed by atoms with Crippen LogP contribution in [0.25, 0.3) is 10.4 Å². The fourth-order valence-corrected chi connectivity index (χ4v) is 7.08. The van der Waals surface area contributed by atoms with Crippen molar-refractivity contribution in [2.75, 3.05) is 13.2 Å². The molecule has 5 N–H and O–H groups in total. The van der Waals surface area contributed by atoms with E-state index in [1.165, 1.54) is 10.5 Å². The van der Waals surface area contributed by atoms with Crippen LogP contribution >= 0.6 is 11.3 Å². The highest BCUT2D eigenvalue weighted by Crippen LogP contribution is 2.28. The lowest BCUT2D eigenvalue weighted by Crippen LogP contribution is -2.57. The van der Waals surface area contributed by atoms with E-state index >= 15 is 0 Å². The number of carbonyl (C=O) groups is 4. The molecule has 1 saturated heterocycles. The molecular weight excluding hydrogens is 679 g/mol. The third kappa shape index (κ3) is 12.2. The van der Waals surface area contributed by atoms with E-state index in [9.17, 15) is 24.3 Å². The first kappa shape index (κ1) is 40.5. The number of aromatic nitrogens is 1. The van der Waals surface area contributed by atoms with Crippen LogP contribution < -0.4 is 21.1 Å². The maximum absolute atomic E-state index is 13.9. The quantitative estimate of drug-likeness (QED) is 0.129. The van der Waals surface area contributed by atoms with Gasteiger partial charge in [0.2, 0.25) is 23.6 Å². The Labute approximate surface area is 311 Å². The van der Waals surface area contributed by atoms with Gasteiger partial charge in [0.05, 0.1) is 28.8 Å². The van der Waals surface area contributed by atoms with Crippen molar-refractivity contribution in [3.8, 4) is 16.2 Å². The molecule has 0 radical (unpaired) electrons. The number of hydrogen-bond donors (Lipinski definition) is 4. The lowest BCUT2D eigenvalue weighted by atomic mass is 9.85. The van der Waals surface area contributed by atoms with E-state index in [-0.39, 0.29) is 55.5 Å². The van der Waals surface area contributed by atoms with E-state index in [0.717, 1.165) is 46.7 Å². The zero-order valence-electron chi connectivity index (χ0n) is 31.2. The van der Waals surface area contributed by atoms with Crippen molar-refractivity contribution in [1.82, 2.24) is 20.5 Å². The number of aliphatic hydroxyl groups excluding tert-OH is 1. The van der Waals surface area contributed by atoms with E-state index in [0.29, 0.717) is 25.9 Å². The van der Waals surface area contributed by atoms with Crippen LogP contribution in [0.1, 0.15) is 89.5 Å². The van der Waals surface area contributed by atoms with Crippen molar-refractivity contribution < 1.29 is 29.0 Å². The second kappa shape index (κ2) is 19.0. The topological polar surface area (TPSA) is 164 Å². The maximum atomic E-state index is 13.9. The molecule has 2 heterocycles. The van der Waals surface area contributed by atoms with Crippen molar-refractivity contribution in [3.05, 3.63) is 70.9 Å². The van der Waals surface area contributed by atoms with Gasteiger partial charge in [-0.25, -0.2) is 4.98 Å². The molecule has 4 rings (SSSR count). The first-order chi connectivity index (χ1) is 24.7. The van der Waals surface area contributed by atoms with Gasteiger partial charge in [0.25, 0.3) is 0 Å². The minimum absolute atomic E-state index is 0.0332. The fourth-order valence-electron chi connectivity index (χ4n) is 6.27. The van der Waals surface area contributed by atoms with Crippen LogP contribution in [0.2, 0.25) is 0 Å². The monoisotopic (exact) mass is 733 g/mol. The molecule has 0 unspecified atom stereocenters. The maximum Gasteiger partial charge on any atom is 0.246 e. The van der Waals surface area contributed by atoms with Crippen LogP contribution in [0.3, 0.4) is 0 Å². The molecule has 52 heavy (non-hydrogen) atoms. The Morgan fingerprint density at radius 1 is 1.02 bits per heavy atom. The van der Waals surface area contributed by atoms with Gasteiger partial charge in [-0.3, -0.25) is 19.2 Å². The number of hydrogen-bond acceptors (Lipinski definition) is 8. The summed E-state index contributed by atoms with van der Waals surface area (Å²) in [6, 6.07) is 14.2.